The fraction of sp³-hybridized carbons (Fsp3) is 0.588. The molecule has 1 unspecified atom stereocenters. The van der Waals surface area contributed by atoms with Gasteiger partial charge in [0, 0.05) is 24.0 Å². The van der Waals surface area contributed by atoms with E-state index in [9.17, 15) is 4.79 Å². The maximum Gasteiger partial charge on any atom is 0.410 e. The van der Waals surface area contributed by atoms with E-state index in [1.54, 1.807) is 4.90 Å². The van der Waals surface area contributed by atoms with E-state index in [1.807, 2.05) is 32.9 Å². The summed E-state index contributed by atoms with van der Waals surface area (Å²) in [5.41, 5.74) is 3.16. The zero-order valence-electron chi connectivity index (χ0n) is 13.3. The highest BCUT2D eigenvalue weighted by molar-refractivity contribution is 6.31. The quantitative estimate of drug-likeness (QED) is 0.730. The van der Waals surface area contributed by atoms with Crippen LogP contribution in [0.15, 0.2) is 12.1 Å². The molecule has 22 heavy (non-hydrogen) atoms. The molecule has 1 aromatic carbocycles. The Hall–Kier alpha value is -1.26. The molecule has 1 aromatic rings. The van der Waals surface area contributed by atoms with Gasteiger partial charge in [-0.25, -0.2) is 4.79 Å². The van der Waals surface area contributed by atoms with Crippen LogP contribution in [-0.4, -0.2) is 36.3 Å². The molecule has 120 valence electrons. The number of hydrogen-bond acceptors (Lipinski definition) is 3. The fourth-order valence-corrected chi connectivity index (χ4v) is 3.47. The van der Waals surface area contributed by atoms with Gasteiger partial charge >= 0.3 is 6.09 Å². The first kappa shape index (κ1) is 15.6. The lowest BCUT2D eigenvalue weighted by Gasteiger charge is -2.30. The van der Waals surface area contributed by atoms with Crippen LogP contribution in [0.5, 0.6) is 0 Å². The molecule has 2 aliphatic heterocycles. The van der Waals surface area contributed by atoms with Gasteiger partial charge in [0.15, 0.2) is 0 Å². The maximum absolute atomic E-state index is 12.4. The summed E-state index contributed by atoms with van der Waals surface area (Å²) in [6, 6.07) is 3.97. The first-order chi connectivity index (χ1) is 10.3. The molecule has 5 heteroatoms. The lowest BCUT2D eigenvalue weighted by molar-refractivity contribution is 0.0201. The van der Waals surface area contributed by atoms with E-state index in [1.165, 1.54) is 16.7 Å². The average Bonchev–Trinajstić information content (AvgIpc) is 2.62. The Morgan fingerprint density at radius 3 is 2.91 bits per heavy atom. The standard InChI is InChI=1S/C17H22ClNO3/c1-17(2,3)22-16(20)19-7-6-13-14(18)5-4-11-9-21-10-12(8-19)15(11)13/h4-5,12H,6-10H2,1-3H3. The fourth-order valence-electron chi connectivity index (χ4n) is 3.21. The smallest absolute Gasteiger partial charge is 0.410 e. The molecule has 0 radical (unpaired) electrons. The Bertz CT molecular complexity index is 594. The maximum atomic E-state index is 12.4. The Kier molecular flexibility index (Phi) is 4.08. The van der Waals surface area contributed by atoms with Gasteiger partial charge in [0.05, 0.1) is 13.2 Å². The van der Waals surface area contributed by atoms with Crippen molar-refractivity contribution in [2.45, 2.75) is 45.3 Å². The van der Waals surface area contributed by atoms with Gasteiger partial charge in [-0.3, -0.25) is 0 Å². The lowest BCUT2D eigenvalue weighted by Crippen LogP contribution is -2.40. The second kappa shape index (κ2) is 5.74. The Labute approximate surface area is 136 Å². The van der Waals surface area contributed by atoms with Crippen molar-refractivity contribution in [3.63, 3.8) is 0 Å². The molecular weight excluding hydrogens is 302 g/mol. The van der Waals surface area contributed by atoms with Crippen molar-refractivity contribution in [2.24, 2.45) is 0 Å². The van der Waals surface area contributed by atoms with Crippen LogP contribution in [-0.2, 0) is 22.5 Å². The zero-order chi connectivity index (χ0) is 15.9. The summed E-state index contributed by atoms with van der Waals surface area (Å²) >= 11 is 6.39. The lowest BCUT2D eigenvalue weighted by atomic mass is 9.88. The minimum absolute atomic E-state index is 0.174. The van der Waals surface area contributed by atoms with Gasteiger partial charge < -0.3 is 14.4 Å². The molecule has 2 heterocycles. The van der Waals surface area contributed by atoms with E-state index in [4.69, 9.17) is 21.1 Å². The van der Waals surface area contributed by atoms with Crippen molar-refractivity contribution in [3.8, 4) is 0 Å². The average molecular weight is 324 g/mol. The summed E-state index contributed by atoms with van der Waals surface area (Å²) < 4.78 is 11.2. The van der Waals surface area contributed by atoms with Crippen molar-refractivity contribution in [3.05, 3.63) is 33.8 Å². The molecule has 0 saturated heterocycles. The normalized spacial score (nSPS) is 21.1. The monoisotopic (exact) mass is 323 g/mol. The largest absolute Gasteiger partial charge is 0.444 e. The number of amides is 1. The van der Waals surface area contributed by atoms with Gasteiger partial charge in [-0.15, -0.1) is 0 Å². The molecule has 0 bridgehead atoms. The van der Waals surface area contributed by atoms with Crippen molar-refractivity contribution in [1.82, 2.24) is 4.90 Å². The summed E-state index contributed by atoms with van der Waals surface area (Å²) in [5.74, 6) is 0.174. The molecule has 0 aliphatic carbocycles. The van der Waals surface area contributed by atoms with E-state index in [-0.39, 0.29) is 12.0 Å². The minimum atomic E-state index is -0.484. The topological polar surface area (TPSA) is 38.8 Å². The Balaban J connectivity index is 1.88. The van der Waals surface area contributed by atoms with Gasteiger partial charge in [-0.05, 0) is 49.9 Å². The summed E-state index contributed by atoms with van der Waals surface area (Å²) in [6.07, 6.45) is 0.501. The van der Waals surface area contributed by atoms with E-state index in [0.29, 0.717) is 26.3 Å². The Morgan fingerprint density at radius 1 is 1.41 bits per heavy atom. The predicted octanol–water partition coefficient (Wildman–Crippen LogP) is 3.75. The third-order valence-corrected chi connectivity index (χ3v) is 4.45. The molecule has 0 saturated carbocycles. The number of rotatable bonds is 0. The second-order valence-corrected chi connectivity index (χ2v) is 7.39. The van der Waals surface area contributed by atoms with E-state index in [0.717, 1.165) is 11.4 Å². The number of ether oxygens (including phenoxy) is 2. The molecule has 1 amide bonds. The molecule has 0 N–H and O–H groups in total. The minimum Gasteiger partial charge on any atom is -0.444 e. The molecule has 0 aromatic heterocycles. The number of nitrogens with zero attached hydrogens (tertiary/aromatic N) is 1. The van der Waals surface area contributed by atoms with Gasteiger partial charge in [0.1, 0.15) is 5.60 Å². The van der Waals surface area contributed by atoms with Crippen LogP contribution >= 0.6 is 11.6 Å². The first-order valence-corrected chi connectivity index (χ1v) is 8.09. The number of carbonyl (C=O) groups excluding carboxylic acids is 1. The molecule has 0 spiro atoms. The molecular formula is C17H22ClNO3. The van der Waals surface area contributed by atoms with E-state index < -0.39 is 5.60 Å². The van der Waals surface area contributed by atoms with Crippen LogP contribution in [0.4, 0.5) is 4.79 Å². The van der Waals surface area contributed by atoms with Crippen LogP contribution in [0.25, 0.3) is 0 Å². The van der Waals surface area contributed by atoms with Gasteiger partial charge in [0.2, 0.25) is 0 Å². The van der Waals surface area contributed by atoms with Crippen molar-refractivity contribution < 1.29 is 14.3 Å². The number of benzene rings is 1. The molecule has 3 rings (SSSR count). The second-order valence-electron chi connectivity index (χ2n) is 6.99. The van der Waals surface area contributed by atoms with E-state index >= 15 is 0 Å². The van der Waals surface area contributed by atoms with Crippen LogP contribution in [0, 0.1) is 0 Å². The Morgan fingerprint density at radius 2 is 2.18 bits per heavy atom. The van der Waals surface area contributed by atoms with Crippen LogP contribution in [0.2, 0.25) is 5.02 Å². The molecule has 1 atom stereocenters. The summed E-state index contributed by atoms with van der Waals surface area (Å²) in [4.78, 5) is 14.2. The van der Waals surface area contributed by atoms with Crippen molar-refractivity contribution >= 4 is 17.7 Å². The number of hydrogen-bond donors (Lipinski definition) is 0. The SMILES string of the molecule is CC(C)(C)OC(=O)N1CCc2c(Cl)ccc3c2C(COC3)C1. The zero-order valence-corrected chi connectivity index (χ0v) is 14.1. The van der Waals surface area contributed by atoms with Crippen LogP contribution < -0.4 is 0 Å². The highest BCUT2D eigenvalue weighted by Gasteiger charge is 2.33. The molecule has 0 fully saturated rings. The van der Waals surface area contributed by atoms with Gasteiger partial charge in [-0.1, -0.05) is 17.7 Å². The third-order valence-electron chi connectivity index (χ3n) is 4.10. The first-order valence-electron chi connectivity index (χ1n) is 7.71. The van der Waals surface area contributed by atoms with Crippen LogP contribution in [0.1, 0.15) is 43.4 Å². The van der Waals surface area contributed by atoms with Gasteiger partial charge in [0.25, 0.3) is 0 Å². The number of halogens is 1. The number of carbonyl (C=O) groups is 1. The van der Waals surface area contributed by atoms with Crippen molar-refractivity contribution in [2.75, 3.05) is 19.7 Å². The summed E-state index contributed by atoms with van der Waals surface area (Å²) in [5, 5.41) is 0.789. The predicted molar refractivity (Wildman–Crippen MR) is 85.4 cm³/mol. The molecule has 2 aliphatic rings. The third kappa shape index (κ3) is 3.08. The molecule has 4 nitrogen and oxygen atoms in total. The van der Waals surface area contributed by atoms with Crippen LogP contribution in [0.3, 0.4) is 0 Å². The summed E-state index contributed by atoms with van der Waals surface area (Å²) in [7, 11) is 0. The van der Waals surface area contributed by atoms with Gasteiger partial charge in [-0.2, -0.15) is 0 Å². The summed E-state index contributed by atoms with van der Waals surface area (Å²) in [6.45, 7) is 8.15. The highest BCUT2D eigenvalue weighted by atomic mass is 35.5. The van der Waals surface area contributed by atoms with Crippen molar-refractivity contribution in [1.29, 1.82) is 0 Å². The van der Waals surface area contributed by atoms with E-state index in [2.05, 4.69) is 0 Å². The highest BCUT2D eigenvalue weighted by Crippen LogP contribution is 2.36.